The zero-order chi connectivity index (χ0) is 15.5. The van der Waals surface area contributed by atoms with Gasteiger partial charge in [-0.15, -0.1) is 12.4 Å². The molecule has 2 atom stereocenters. The third-order valence-corrected chi connectivity index (χ3v) is 4.22. The van der Waals surface area contributed by atoms with E-state index in [1.807, 2.05) is 40.8 Å². The number of carbonyl (C=O) groups excluding carboxylic acids is 1. The van der Waals surface area contributed by atoms with Crippen molar-refractivity contribution in [2.45, 2.75) is 31.8 Å². The lowest BCUT2D eigenvalue weighted by Gasteiger charge is -2.34. The van der Waals surface area contributed by atoms with Crippen LogP contribution in [0.25, 0.3) is 0 Å². The van der Waals surface area contributed by atoms with Crippen molar-refractivity contribution in [3.05, 3.63) is 48.0 Å². The van der Waals surface area contributed by atoms with Crippen LogP contribution in [0.2, 0.25) is 0 Å². The first kappa shape index (κ1) is 17.4. The smallest absolute Gasteiger partial charge is 0.244 e. The Bertz CT molecular complexity index is 628. The zero-order valence-corrected chi connectivity index (χ0v) is 13.9. The maximum absolute atomic E-state index is 12.7. The molecule has 7 heteroatoms. The molecule has 0 saturated carbocycles. The third-order valence-electron chi connectivity index (χ3n) is 4.22. The van der Waals surface area contributed by atoms with Gasteiger partial charge < -0.3 is 10.6 Å². The second-order valence-corrected chi connectivity index (χ2v) is 5.84. The molecule has 1 saturated heterocycles. The third kappa shape index (κ3) is 3.89. The molecule has 1 amide bonds. The summed E-state index contributed by atoms with van der Waals surface area (Å²) in [7, 11) is 0. The maximum atomic E-state index is 12.7. The molecule has 3 rings (SSSR count). The lowest BCUT2D eigenvalue weighted by molar-refractivity contribution is -0.134. The number of likely N-dealkylation sites (tertiary alicyclic amines) is 1. The summed E-state index contributed by atoms with van der Waals surface area (Å²) in [4.78, 5) is 18.5. The number of aryl methyl sites for hydroxylation is 1. The van der Waals surface area contributed by atoms with Gasteiger partial charge in [0.1, 0.15) is 18.7 Å². The van der Waals surface area contributed by atoms with Gasteiger partial charge in [-0.25, -0.2) is 9.67 Å². The average molecular weight is 336 g/mol. The number of aromatic nitrogens is 3. The fourth-order valence-electron chi connectivity index (χ4n) is 2.89. The number of nitrogens with two attached hydrogens (primary N) is 1. The summed E-state index contributed by atoms with van der Waals surface area (Å²) in [6, 6.07) is 7.40. The quantitative estimate of drug-likeness (QED) is 0.929. The van der Waals surface area contributed by atoms with Gasteiger partial charge in [0.2, 0.25) is 5.91 Å². The van der Waals surface area contributed by atoms with Crippen LogP contribution in [0.4, 0.5) is 0 Å². The molecule has 124 valence electrons. The summed E-state index contributed by atoms with van der Waals surface area (Å²) in [6.45, 7) is 3.41. The highest BCUT2D eigenvalue weighted by atomic mass is 35.5. The lowest BCUT2D eigenvalue weighted by Crippen LogP contribution is -2.45. The molecule has 1 fully saturated rings. The second kappa shape index (κ2) is 7.57. The van der Waals surface area contributed by atoms with Crippen molar-refractivity contribution < 1.29 is 4.79 Å². The van der Waals surface area contributed by atoms with Gasteiger partial charge in [-0.2, -0.15) is 5.10 Å². The second-order valence-electron chi connectivity index (χ2n) is 5.84. The normalized spacial score (nSPS) is 19.0. The molecule has 1 aliphatic heterocycles. The Morgan fingerprint density at radius 3 is 2.74 bits per heavy atom. The van der Waals surface area contributed by atoms with Crippen LogP contribution >= 0.6 is 12.4 Å². The van der Waals surface area contributed by atoms with Crippen molar-refractivity contribution in [1.82, 2.24) is 19.7 Å². The van der Waals surface area contributed by atoms with Gasteiger partial charge in [0.05, 0.1) is 6.04 Å². The Morgan fingerprint density at radius 2 is 2.09 bits per heavy atom. The zero-order valence-electron chi connectivity index (χ0n) is 13.1. The van der Waals surface area contributed by atoms with E-state index in [-0.39, 0.29) is 24.4 Å². The predicted molar refractivity (Wildman–Crippen MR) is 90.2 cm³/mol. The van der Waals surface area contributed by atoms with E-state index in [1.54, 1.807) is 6.33 Å². The van der Waals surface area contributed by atoms with E-state index in [9.17, 15) is 4.79 Å². The molecule has 0 spiro atoms. The number of carbonyl (C=O) groups is 1. The minimum absolute atomic E-state index is 0. The van der Waals surface area contributed by atoms with Gasteiger partial charge in [-0.05, 0) is 25.3 Å². The van der Waals surface area contributed by atoms with Crippen LogP contribution in [-0.4, -0.2) is 38.7 Å². The number of halogens is 1. The number of nitrogens with zero attached hydrogens (tertiary/aromatic N) is 4. The molecular formula is C16H22ClN5O. The van der Waals surface area contributed by atoms with Crippen molar-refractivity contribution in [3.63, 3.8) is 0 Å². The Balaban J connectivity index is 0.00000192. The number of rotatable bonds is 3. The molecule has 1 aliphatic rings. The molecule has 2 aromatic rings. The summed E-state index contributed by atoms with van der Waals surface area (Å²) in [5, 5.41) is 4.18. The van der Waals surface area contributed by atoms with Gasteiger partial charge in [-0.3, -0.25) is 4.79 Å². The van der Waals surface area contributed by atoms with Crippen molar-refractivity contribution in [3.8, 4) is 0 Å². The standard InChI is InChI=1S/C16H21N5O.ClH/c1-12-4-6-13(7-5-12)15(17)16(22)20-8-2-3-14(9-20)21-11-18-10-19-21;/h4-7,10-11,14-15H,2-3,8-9,17H2,1H3;1H. The first-order chi connectivity index (χ1) is 10.6. The molecule has 1 aromatic heterocycles. The molecule has 2 unspecified atom stereocenters. The van der Waals surface area contributed by atoms with Crippen LogP contribution in [0, 0.1) is 6.92 Å². The fraction of sp³-hybridized carbons (Fsp3) is 0.438. The molecule has 2 heterocycles. The Morgan fingerprint density at radius 1 is 1.35 bits per heavy atom. The van der Waals surface area contributed by atoms with Crippen LogP contribution in [0.1, 0.15) is 36.1 Å². The molecule has 0 bridgehead atoms. The Hall–Kier alpha value is -1.92. The molecule has 0 aliphatic carbocycles. The highest BCUT2D eigenvalue weighted by molar-refractivity contribution is 5.85. The van der Waals surface area contributed by atoms with Gasteiger partial charge in [0.15, 0.2) is 0 Å². The summed E-state index contributed by atoms with van der Waals surface area (Å²) < 4.78 is 1.83. The van der Waals surface area contributed by atoms with E-state index in [1.165, 1.54) is 6.33 Å². The maximum Gasteiger partial charge on any atom is 0.244 e. The molecule has 6 nitrogen and oxygen atoms in total. The molecule has 23 heavy (non-hydrogen) atoms. The van der Waals surface area contributed by atoms with Crippen LogP contribution in [0.15, 0.2) is 36.9 Å². The number of hydrogen-bond donors (Lipinski definition) is 1. The summed E-state index contributed by atoms with van der Waals surface area (Å²) in [6.07, 6.45) is 5.20. The van der Waals surface area contributed by atoms with Gasteiger partial charge >= 0.3 is 0 Å². The minimum Gasteiger partial charge on any atom is -0.339 e. The highest BCUT2D eigenvalue weighted by Gasteiger charge is 2.28. The molecule has 1 aromatic carbocycles. The van der Waals surface area contributed by atoms with E-state index in [4.69, 9.17) is 5.73 Å². The first-order valence-corrected chi connectivity index (χ1v) is 7.60. The van der Waals surface area contributed by atoms with Crippen LogP contribution in [0.3, 0.4) is 0 Å². The van der Waals surface area contributed by atoms with Gasteiger partial charge in [-0.1, -0.05) is 29.8 Å². The minimum atomic E-state index is -0.602. The van der Waals surface area contributed by atoms with E-state index in [2.05, 4.69) is 10.1 Å². The Kier molecular flexibility index (Phi) is 5.74. The lowest BCUT2D eigenvalue weighted by atomic mass is 10.0. The summed E-state index contributed by atoms with van der Waals surface area (Å²) in [5.41, 5.74) is 8.18. The van der Waals surface area contributed by atoms with E-state index < -0.39 is 6.04 Å². The van der Waals surface area contributed by atoms with Crippen molar-refractivity contribution in [2.24, 2.45) is 5.73 Å². The highest BCUT2D eigenvalue weighted by Crippen LogP contribution is 2.23. The monoisotopic (exact) mass is 335 g/mol. The van der Waals surface area contributed by atoms with Gasteiger partial charge in [0.25, 0.3) is 0 Å². The summed E-state index contributed by atoms with van der Waals surface area (Å²) in [5.74, 6) is -0.0198. The Labute approximate surface area is 142 Å². The van der Waals surface area contributed by atoms with E-state index in [0.29, 0.717) is 6.54 Å². The van der Waals surface area contributed by atoms with Crippen molar-refractivity contribution >= 4 is 18.3 Å². The number of hydrogen-bond acceptors (Lipinski definition) is 4. The average Bonchev–Trinajstić information content (AvgIpc) is 3.09. The van der Waals surface area contributed by atoms with E-state index in [0.717, 1.165) is 30.5 Å². The van der Waals surface area contributed by atoms with Crippen LogP contribution in [0.5, 0.6) is 0 Å². The number of amides is 1. The molecular weight excluding hydrogens is 314 g/mol. The summed E-state index contributed by atoms with van der Waals surface area (Å²) >= 11 is 0. The van der Waals surface area contributed by atoms with E-state index >= 15 is 0 Å². The van der Waals surface area contributed by atoms with Crippen LogP contribution in [-0.2, 0) is 4.79 Å². The van der Waals surface area contributed by atoms with Crippen molar-refractivity contribution in [1.29, 1.82) is 0 Å². The molecule has 0 radical (unpaired) electrons. The SMILES string of the molecule is Cc1ccc(C(N)C(=O)N2CCCC(n3cncn3)C2)cc1.Cl. The van der Waals surface area contributed by atoms with Crippen molar-refractivity contribution in [2.75, 3.05) is 13.1 Å². The predicted octanol–water partition coefficient (Wildman–Crippen LogP) is 1.87. The topological polar surface area (TPSA) is 77.0 Å². The first-order valence-electron chi connectivity index (χ1n) is 7.60. The molecule has 2 N–H and O–H groups in total. The number of benzene rings is 1. The number of piperidine rings is 1. The largest absolute Gasteiger partial charge is 0.339 e. The fourth-order valence-corrected chi connectivity index (χ4v) is 2.89. The van der Waals surface area contributed by atoms with Gasteiger partial charge in [0, 0.05) is 13.1 Å². The van der Waals surface area contributed by atoms with Crippen LogP contribution < -0.4 is 5.73 Å².